The maximum Gasteiger partial charge on any atom is 0.160 e. The monoisotopic (exact) mass is 909 g/mol. The average molecular weight is 910 g/mol. The third-order valence-corrected chi connectivity index (χ3v) is 14.7. The molecule has 11 aromatic rings. The quantitative estimate of drug-likeness (QED) is 0.160. The van der Waals surface area contributed by atoms with E-state index in [1.165, 1.54) is 33.4 Å². The molecule has 13 rings (SSSR count). The average Bonchev–Trinajstić information content (AvgIpc) is 3.73. The van der Waals surface area contributed by atoms with Crippen molar-refractivity contribution in [3.05, 3.63) is 270 Å². The molecule has 336 valence electrons. The summed E-state index contributed by atoms with van der Waals surface area (Å²) >= 11 is 0. The van der Waals surface area contributed by atoms with Crippen LogP contribution in [0, 0.1) is 20.8 Å². The maximum absolute atomic E-state index is 7.12. The van der Waals surface area contributed by atoms with Gasteiger partial charge in [0, 0.05) is 56.4 Å². The predicted octanol–water partition coefficient (Wildman–Crippen LogP) is 16.9. The third-order valence-electron chi connectivity index (χ3n) is 14.7. The van der Waals surface area contributed by atoms with E-state index < -0.39 is 5.41 Å². The Balaban J connectivity index is 0.967. The molecule has 1 aliphatic heterocycles. The lowest BCUT2D eigenvalue weighted by Crippen LogP contribution is -2.32. The molecule has 2 aliphatic rings. The Labute approximate surface area is 414 Å². The molecular weight excluding hydrogens is 863 g/mol. The molecule has 1 spiro atoms. The third kappa shape index (κ3) is 6.86. The number of para-hydroxylation sites is 2. The Morgan fingerprint density at radius 1 is 0.366 bits per heavy atom. The van der Waals surface area contributed by atoms with Crippen LogP contribution in [0.1, 0.15) is 39.1 Å². The number of pyridine rings is 1. The first-order chi connectivity index (χ1) is 34.9. The predicted molar refractivity (Wildman–Crippen MR) is 289 cm³/mol. The molecule has 71 heavy (non-hydrogen) atoms. The minimum atomic E-state index is -0.660. The van der Waals surface area contributed by atoms with Crippen LogP contribution in [0.3, 0.4) is 0 Å². The van der Waals surface area contributed by atoms with Gasteiger partial charge in [-0.3, -0.25) is 4.98 Å². The Bertz CT molecular complexity index is 3880. The minimum absolute atomic E-state index is 0.660. The normalized spacial score (nSPS) is 14.0. The summed E-state index contributed by atoms with van der Waals surface area (Å²) in [7, 11) is 0. The number of fused-ring (bicyclic) bond motifs is 9. The van der Waals surface area contributed by atoms with Crippen LogP contribution in [-0.4, -0.2) is 15.0 Å². The highest BCUT2D eigenvalue weighted by atomic mass is 16.5. The van der Waals surface area contributed by atoms with Crippen molar-refractivity contribution >= 4 is 0 Å². The van der Waals surface area contributed by atoms with Gasteiger partial charge in [-0.2, -0.15) is 0 Å². The van der Waals surface area contributed by atoms with E-state index in [4.69, 9.17) is 19.7 Å². The Morgan fingerprint density at radius 2 is 0.930 bits per heavy atom. The molecule has 1 atom stereocenters. The van der Waals surface area contributed by atoms with E-state index in [9.17, 15) is 0 Å². The van der Waals surface area contributed by atoms with Gasteiger partial charge in [-0.1, -0.05) is 206 Å². The van der Waals surface area contributed by atoms with Gasteiger partial charge in [0.2, 0.25) is 0 Å². The van der Waals surface area contributed by atoms with Crippen molar-refractivity contribution in [3.63, 3.8) is 0 Å². The smallest absolute Gasteiger partial charge is 0.160 e. The minimum Gasteiger partial charge on any atom is -0.456 e. The van der Waals surface area contributed by atoms with Crippen LogP contribution in [0.4, 0.5) is 0 Å². The maximum atomic E-state index is 7.12. The molecule has 0 radical (unpaired) electrons. The molecule has 0 saturated carbocycles. The highest BCUT2D eigenvalue weighted by Crippen LogP contribution is 2.63. The van der Waals surface area contributed by atoms with E-state index in [-0.39, 0.29) is 0 Å². The molecule has 9 aromatic carbocycles. The van der Waals surface area contributed by atoms with Crippen LogP contribution in [0.25, 0.3) is 89.5 Å². The van der Waals surface area contributed by atoms with E-state index >= 15 is 0 Å². The van der Waals surface area contributed by atoms with Crippen LogP contribution in [0.15, 0.2) is 231 Å². The Morgan fingerprint density at radius 3 is 1.70 bits per heavy atom. The van der Waals surface area contributed by atoms with Crippen LogP contribution in [0.2, 0.25) is 0 Å². The second-order valence-electron chi connectivity index (χ2n) is 18.8. The van der Waals surface area contributed by atoms with Crippen molar-refractivity contribution in [3.8, 4) is 101 Å². The second-order valence-corrected chi connectivity index (χ2v) is 18.8. The van der Waals surface area contributed by atoms with Gasteiger partial charge >= 0.3 is 0 Å². The fourth-order valence-corrected chi connectivity index (χ4v) is 11.4. The van der Waals surface area contributed by atoms with Crippen molar-refractivity contribution in [1.29, 1.82) is 0 Å². The largest absolute Gasteiger partial charge is 0.456 e. The van der Waals surface area contributed by atoms with E-state index in [2.05, 4.69) is 245 Å². The first-order valence-electron chi connectivity index (χ1n) is 24.3. The summed E-state index contributed by atoms with van der Waals surface area (Å²) in [6.07, 6.45) is 2.00. The van der Waals surface area contributed by atoms with Crippen molar-refractivity contribution in [2.24, 2.45) is 0 Å². The first kappa shape index (κ1) is 42.1. The summed E-state index contributed by atoms with van der Waals surface area (Å²) in [5, 5.41) is 0. The van der Waals surface area contributed by atoms with Gasteiger partial charge < -0.3 is 4.74 Å². The summed E-state index contributed by atoms with van der Waals surface area (Å²) in [5.41, 5.74) is 23.6. The molecular formula is C67H47N3O. The number of aryl methyl sites for hydroxylation is 2. The highest BCUT2D eigenvalue weighted by Gasteiger charge is 2.51. The van der Waals surface area contributed by atoms with Gasteiger partial charge in [0.15, 0.2) is 5.82 Å². The molecule has 0 saturated heterocycles. The number of benzene rings is 9. The molecule has 0 amide bonds. The zero-order valence-electron chi connectivity index (χ0n) is 39.7. The summed E-state index contributed by atoms with van der Waals surface area (Å²) < 4.78 is 7.12. The Hall–Kier alpha value is -8.99. The number of hydrogen-bond acceptors (Lipinski definition) is 4. The van der Waals surface area contributed by atoms with Crippen molar-refractivity contribution in [2.45, 2.75) is 26.2 Å². The van der Waals surface area contributed by atoms with Gasteiger partial charge in [0.1, 0.15) is 11.5 Å². The topological polar surface area (TPSA) is 47.9 Å². The standard InChI is InChI=1S/C67H47N3O/c1-42-18-16-23-49(38-42)61-40-62(54-26-11-10-24-51(54)45-19-6-4-7-20-45)70-66(69-61)50-36-37-58-55(39-50)53-25-12-13-28-57(53)67(58)59-29-14-15-31-63(59)71-65-52(27-17-30-60(65)67)47-32-34-48(35-33-47)64-43(2)56(41-68-44(64)3)46-21-8-5-9-22-46/h4-41H,1-3H3. The number of nitrogens with zero attached hydrogens (tertiary/aromatic N) is 3. The fourth-order valence-electron chi connectivity index (χ4n) is 11.4. The van der Waals surface area contributed by atoms with Crippen LogP contribution < -0.4 is 4.74 Å². The number of aromatic nitrogens is 3. The number of rotatable bonds is 7. The van der Waals surface area contributed by atoms with Crippen molar-refractivity contribution in [2.75, 3.05) is 0 Å². The van der Waals surface area contributed by atoms with E-state index in [1.807, 2.05) is 6.20 Å². The van der Waals surface area contributed by atoms with Crippen molar-refractivity contribution < 1.29 is 4.74 Å². The molecule has 0 bridgehead atoms. The van der Waals surface area contributed by atoms with Gasteiger partial charge in [-0.25, -0.2) is 9.97 Å². The summed E-state index contributed by atoms with van der Waals surface area (Å²) in [6.45, 7) is 6.43. The molecule has 3 heterocycles. The van der Waals surface area contributed by atoms with E-state index in [0.29, 0.717) is 5.82 Å². The van der Waals surface area contributed by atoms with Gasteiger partial charge in [0.25, 0.3) is 0 Å². The molecule has 2 aromatic heterocycles. The molecule has 1 aliphatic carbocycles. The first-order valence-corrected chi connectivity index (χ1v) is 24.3. The van der Waals surface area contributed by atoms with E-state index in [0.717, 1.165) is 101 Å². The molecule has 4 nitrogen and oxygen atoms in total. The van der Waals surface area contributed by atoms with Gasteiger partial charge in [0.05, 0.1) is 16.8 Å². The molecule has 4 heteroatoms. The number of hydrogen-bond donors (Lipinski definition) is 0. The Kier molecular flexibility index (Phi) is 10.0. The summed E-state index contributed by atoms with van der Waals surface area (Å²) in [4.78, 5) is 15.7. The van der Waals surface area contributed by atoms with Crippen LogP contribution in [0.5, 0.6) is 11.5 Å². The SMILES string of the molecule is Cc1cccc(-c2cc(-c3ccccc3-c3ccccc3)nc(-c3ccc4c(c3)-c3ccccc3C43c4ccccc4Oc4c(-c5ccc(-c6c(C)ncc(-c7ccccc7)c6C)cc5)cccc43)n2)c1. The zero-order chi connectivity index (χ0) is 47.6. The lowest BCUT2D eigenvalue weighted by atomic mass is 9.65. The summed E-state index contributed by atoms with van der Waals surface area (Å²) in [5.74, 6) is 2.39. The highest BCUT2D eigenvalue weighted by molar-refractivity contribution is 5.93. The number of ether oxygens (including phenoxy) is 1. The second kappa shape index (κ2) is 16.9. The van der Waals surface area contributed by atoms with Crippen LogP contribution >= 0.6 is 0 Å². The van der Waals surface area contributed by atoms with Crippen LogP contribution in [-0.2, 0) is 5.41 Å². The lowest BCUT2D eigenvalue weighted by molar-refractivity contribution is 0.438. The van der Waals surface area contributed by atoms with Gasteiger partial charge in [-0.15, -0.1) is 0 Å². The molecule has 0 N–H and O–H groups in total. The lowest BCUT2D eigenvalue weighted by Gasteiger charge is -2.40. The molecule has 0 fully saturated rings. The summed E-state index contributed by atoms with van der Waals surface area (Å²) in [6, 6.07) is 80.2. The fraction of sp³-hybridized carbons (Fsp3) is 0.0597. The van der Waals surface area contributed by atoms with E-state index in [1.54, 1.807) is 0 Å². The van der Waals surface area contributed by atoms with Gasteiger partial charge in [-0.05, 0) is 101 Å². The zero-order valence-corrected chi connectivity index (χ0v) is 39.7. The molecule has 1 unspecified atom stereocenters. The van der Waals surface area contributed by atoms with Crippen molar-refractivity contribution in [1.82, 2.24) is 15.0 Å².